The van der Waals surface area contributed by atoms with Gasteiger partial charge >= 0.3 is 0 Å². The molecule has 0 saturated heterocycles. The maximum atomic E-state index is 13.2. The van der Waals surface area contributed by atoms with E-state index in [1.807, 2.05) is 38.1 Å². The normalized spacial score (nSPS) is 18.1. The second-order valence-electron chi connectivity index (χ2n) is 9.77. The molecule has 1 amide bonds. The van der Waals surface area contributed by atoms with Crippen LogP contribution in [0.3, 0.4) is 0 Å². The molecule has 0 bridgehead atoms. The molecule has 4 rings (SSSR count). The number of ketones is 1. The van der Waals surface area contributed by atoms with E-state index in [4.69, 9.17) is 9.47 Å². The zero-order chi connectivity index (χ0) is 23.2. The van der Waals surface area contributed by atoms with Gasteiger partial charge in [0.1, 0.15) is 0 Å². The van der Waals surface area contributed by atoms with Gasteiger partial charge in [0.05, 0.1) is 11.6 Å². The summed E-state index contributed by atoms with van der Waals surface area (Å²) in [4.78, 5) is 27.8. The fourth-order valence-corrected chi connectivity index (χ4v) is 4.15. The van der Waals surface area contributed by atoms with E-state index in [0.29, 0.717) is 17.2 Å². The molecule has 2 aliphatic heterocycles. The number of fused-ring (bicyclic) bond motifs is 1. The SMILES string of the molecule is CC(C)CC(=O)C1=C(O)C(=O)N(c2ccc3c(c2)OCO3)C1c1ccc(C(C)(C)C)cc1. The molecule has 32 heavy (non-hydrogen) atoms. The van der Waals surface area contributed by atoms with Gasteiger partial charge in [0.25, 0.3) is 5.91 Å². The Bertz CT molecular complexity index is 1090. The van der Waals surface area contributed by atoms with E-state index in [1.54, 1.807) is 18.2 Å². The Morgan fingerprint density at radius 3 is 2.38 bits per heavy atom. The molecule has 168 valence electrons. The van der Waals surface area contributed by atoms with Crippen molar-refractivity contribution in [2.45, 2.75) is 52.5 Å². The number of anilines is 1. The largest absolute Gasteiger partial charge is 0.503 e. The number of aliphatic hydroxyl groups is 1. The number of hydrogen-bond acceptors (Lipinski definition) is 5. The highest BCUT2D eigenvalue weighted by Crippen LogP contribution is 2.44. The average Bonchev–Trinajstić information content (AvgIpc) is 3.29. The lowest BCUT2D eigenvalue weighted by atomic mass is 9.85. The van der Waals surface area contributed by atoms with Gasteiger partial charge in [0.2, 0.25) is 6.79 Å². The van der Waals surface area contributed by atoms with E-state index in [1.165, 1.54) is 4.90 Å². The maximum absolute atomic E-state index is 13.2. The Balaban J connectivity index is 1.82. The van der Waals surface area contributed by atoms with Crippen molar-refractivity contribution in [2.24, 2.45) is 5.92 Å². The smallest absolute Gasteiger partial charge is 0.294 e. The number of carbonyl (C=O) groups excluding carboxylic acids is 2. The number of Topliss-reactive ketones (excluding diaryl/α,β-unsaturated/α-hetero) is 1. The second-order valence-corrected chi connectivity index (χ2v) is 9.77. The Morgan fingerprint density at radius 2 is 1.75 bits per heavy atom. The predicted molar refractivity (Wildman–Crippen MR) is 122 cm³/mol. The first kappa shape index (κ1) is 21.9. The summed E-state index contributed by atoms with van der Waals surface area (Å²) in [5, 5.41) is 10.8. The molecule has 1 atom stereocenters. The molecule has 2 aromatic rings. The van der Waals surface area contributed by atoms with Gasteiger partial charge in [-0.05, 0) is 34.6 Å². The van der Waals surface area contributed by atoms with E-state index >= 15 is 0 Å². The molecule has 1 N–H and O–H groups in total. The van der Waals surface area contributed by atoms with Crippen LogP contribution in [-0.4, -0.2) is 23.6 Å². The standard InChI is InChI=1S/C26H29NO5/c1-15(2)12-19(28)22-23(16-6-8-17(9-7-16)26(3,4)5)27(25(30)24(22)29)18-10-11-20-21(13-18)32-14-31-20/h6-11,13,15,23,29H,12,14H2,1-5H3. The van der Waals surface area contributed by atoms with Crippen molar-refractivity contribution in [2.75, 3.05) is 11.7 Å². The van der Waals surface area contributed by atoms with Crippen LogP contribution in [0.25, 0.3) is 0 Å². The van der Waals surface area contributed by atoms with Gasteiger partial charge in [-0.25, -0.2) is 0 Å². The van der Waals surface area contributed by atoms with E-state index in [2.05, 4.69) is 20.8 Å². The lowest BCUT2D eigenvalue weighted by Gasteiger charge is -2.28. The van der Waals surface area contributed by atoms with E-state index in [9.17, 15) is 14.7 Å². The van der Waals surface area contributed by atoms with E-state index in [-0.39, 0.29) is 35.9 Å². The Labute approximate surface area is 188 Å². The van der Waals surface area contributed by atoms with Crippen LogP contribution < -0.4 is 14.4 Å². The van der Waals surface area contributed by atoms with Crippen molar-refractivity contribution in [3.05, 3.63) is 64.9 Å². The van der Waals surface area contributed by atoms with Crippen LogP contribution in [0.2, 0.25) is 0 Å². The van der Waals surface area contributed by atoms with Gasteiger partial charge in [-0.2, -0.15) is 0 Å². The fourth-order valence-electron chi connectivity index (χ4n) is 4.15. The number of amides is 1. The fraction of sp³-hybridized carbons (Fsp3) is 0.385. The molecule has 6 nitrogen and oxygen atoms in total. The first-order valence-electron chi connectivity index (χ1n) is 10.9. The second kappa shape index (κ2) is 8.01. The van der Waals surface area contributed by atoms with Crippen LogP contribution in [0.4, 0.5) is 5.69 Å². The summed E-state index contributed by atoms with van der Waals surface area (Å²) in [7, 11) is 0. The van der Waals surface area contributed by atoms with Crippen molar-refractivity contribution in [3.8, 4) is 11.5 Å². The molecule has 2 heterocycles. The number of aliphatic hydroxyl groups excluding tert-OH is 1. The van der Waals surface area contributed by atoms with Crippen LogP contribution in [0.5, 0.6) is 11.5 Å². The molecular formula is C26H29NO5. The molecule has 0 aromatic heterocycles. The maximum Gasteiger partial charge on any atom is 0.294 e. The number of nitrogens with zero attached hydrogens (tertiary/aromatic N) is 1. The monoisotopic (exact) mass is 435 g/mol. The van der Waals surface area contributed by atoms with Gasteiger partial charge in [0, 0.05) is 18.2 Å². The van der Waals surface area contributed by atoms with E-state index < -0.39 is 17.7 Å². The lowest BCUT2D eigenvalue weighted by molar-refractivity contribution is -0.118. The highest BCUT2D eigenvalue weighted by Gasteiger charge is 2.44. The van der Waals surface area contributed by atoms with Gasteiger partial charge in [-0.1, -0.05) is 58.9 Å². The average molecular weight is 436 g/mol. The first-order valence-corrected chi connectivity index (χ1v) is 10.9. The molecule has 2 aliphatic rings. The van der Waals surface area contributed by atoms with Crippen LogP contribution >= 0.6 is 0 Å². The molecule has 6 heteroatoms. The Hall–Kier alpha value is -3.28. The van der Waals surface area contributed by atoms with Crippen molar-refractivity contribution in [3.63, 3.8) is 0 Å². The highest BCUT2D eigenvalue weighted by molar-refractivity contribution is 6.16. The third-order valence-electron chi connectivity index (χ3n) is 5.83. The third-order valence-corrected chi connectivity index (χ3v) is 5.83. The van der Waals surface area contributed by atoms with Gasteiger partial charge in [0.15, 0.2) is 23.0 Å². The molecule has 0 radical (unpaired) electrons. The molecule has 0 fully saturated rings. The number of ether oxygens (including phenoxy) is 2. The van der Waals surface area contributed by atoms with Gasteiger partial charge in [-0.3, -0.25) is 14.5 Å². The predicted octanol–water partition coefficient (Wildman–Crippen LogP) is 5.23. The van der Waals surface area contributed by atoms with E-state index in [0.717, 1.165) is 11.1 Å². The Morgan fingerprint density at radius 1 is 1.09 bits per heavy atom. The minimum absolute atomic E-state index is 0.0324. The Kier molecular flexibility index (Phi) is 5.49. The summed E-state index contributed by atoms with van der Waals surface area (Å²) in [6, 6.07) is 12.3. The molecule has 0 saturated carbocycles. The molecule has 0 aliphatic carbocycles. The van der Waals surface area contributed by atoms with Crippen molar-refractivity contribution in [1.29, 1.82) is 0 Å². The first-order chi connectivity index (χ1) is 15.1. The summed E-state index contributed by atoms with van der Waals surface area (Å²) in [6.07, 6.45) is 0.248. The van der Waals surface area contributed by atoms with Crippen molar-refractivity contribution >= 4 is 17.4 Å². The van der Waals surface area contributed by atoms with Crippen molar-refractivity contribution in [1.82, 2.24) is 0 Å². The van der Waals surface area contributed by atoms with Crippen LogP contribution in [0, 0.1) is 5.92 Å². The molecule has 0 spiro atoms. The highest BCUT2D eigenvalue weighted by atomic mass is 16.7. The lowest BCUT2D eigenvalue weighted by Crippen LogP contribution is -2.31. The zero-order valence-electron chi connectivity index (χ0n) is 19.1. The minimum atomic E-state index is -0.719. The quantitative estimate of drug-likeness (QED) is 0.696. The number of rotatable bonds is 5. The molecule has 2 aromatic carbocycles. The topological polar surface area (TPSA) is 76.1 Å². The number of hydrogen-bond donors (Lipinski definition) is 1. The van der Waals surface area contributed by atoms with Crippen molar-refractivity contribution < 1.29 is 24.2 Å². The third kappa shape index (κ3) is 3.85. The van der Waals surface area contributed by atoms with Crippen LogP contribution in [-0.2, 0) is 15.0 Å². The minimum Gasteiger partial charge on any atom is -0.503 e. The van der Waals surface area contributed by atoms with Gasteiger partial charge < -0.3 is 14.6 Å². The summed E-state index contributed by atoms with van der Waals surface area (Å²) < 4.78 is 10.9. The summed E-state index contributed by atoms with van der Waals surface area (Å²) >= 11 is 0. The number of carbonyl (C=O) groups is 2. The summed E-state index contributed by atoms with van der Waals surface area (Å²) in [6.45, 7) is 10.4. The molecule has 1 unspecified atom stereocenters. The zero-order valence-corrected chi connectivity index (χ0v) is 19.1. The van der Waals surface area contributed by atoms with Crippen LogP contribution in [0.1, 0.15) is 58.2 Å². The molecular weight excluding hydrogens is 406 g/mol. The number of benzene rings is 2. The van der Waals surface area contributed by atoms with Gasteiger partial charge in [-0.15, -0.1) is 0 Å². The summed E-state index contributed by atoms with van der Waals surface area (Å²) in [5.74, 6) is -0.0853. The summed E-state index contributed by atoms with van der Waals surface area (Å²) in [5.41, 5.74) is 2.55. The van der Waals surface area contributed by atoms with Crippen LogP contribution in [0.15, 0.2) is 53.8 Å².